The topological polar surface area (TPSA) is 72.9 Å². The molecule has 0 radical (unpaired) electrons. The number of halogens is 2. The van der Waals surface area contributed by atoms with Crippen LogP contribution in [0, 0.1) is 5.82 Å². The molecule has 0 N–H and O–H groups in total. The average Bonchev–Trinajstić information content (AvgIpc) is 2.45. The Morgan fingerprint density at radius 2 is 1.67 bits per heavy atom. The van der Waals surface area contributed by atoms with Gasteiger partial charge in [0, 0.05) is 4.47 Å². The average molecular weight is 362 g/mol. The molecule has 0 heterocycles. The highest BCUT2D eigenvalue weighted by Crippen LogP contribution is 2.21. The van der Waals surface area contributed by atoms with Gasteiger partial charge in [0.1, 0.15) is 18.9 Å². The third-order valence-electron chi connectivity index (χ3n) is 2.56. The fourth-order valence-electron chi connectivity index (χ4n) is 1.50. The zero-order valence-corrected chi connectivity index (χ0v) is 13.0. The van der Waals surface area contributed by atoms with Crippen LogP contribution in [0.2, 0.25) is 0 Å². The van der Waals surface area contributed by atoms with Crippen molar-refractivity contribution in [3.8, 4) is 0 Å². The summed E-state index contributed by atoms with van der Waals surface area (Å²) in [6.45, 7) is -0.990. The number of carbonyl (C=O) groups excluding carboxylic acids is 3. The Bertz CT molecular complexity index is 525. The quantitative estimate of drug-likeness (QED) is 0.740. The molecule has 0 atom stereocenters. The highest BCUT2D eigenvalue weighted by Gasteiger charge is 2.26. The van der Waals surface area contributed by atoms with E-state index >= 15 is 0 Å². The molecule has 6 nitrogen and oxygen atoms in total. The van der Waals surface area contributed by atoms with Crippen LogP contribution in [0.4, 0.5) is 4.39 Å². The zero-order valence-electron chi connectivity index (χ0n) is 11.4. The highest BCUT2D eigenvalue weighted by molar-refractivity contribution is 9.10. The molecule has 0 aromatic heterocycles. The van der Waals surface area contributed by atoms with Crippen LogP contribution in [0.5, 0.6) is 0 Å². The Hall–Kier alpha value is -1.96. The summed E-state index contributed by atoms with van der Waals surface area (Å²) < 4.78 is 22.9. The lowest BCUT2D eigenvalue weighted by Gasteiger charge is -2.21. The van der Waals surface area contributed by atoms with E-state index in [9.17, 15) is 18.8 Å². The Morgan fingerprint density at radius 1 is 1.14 bits per heavy atom. The van der Waals surface area contributed by atoms with Crippen molar-refractivity contribution in [3.63, 3.8) is 0 Å². The summed E-state index contributed by atoms with van der Waals surface area (Å²) in [6.07, 6.45) is 0. The maximum atomic E-state index is 13.8. The molecule has 0 saturated carbocycles. The lowest BCUT2D eigenvalue weighted by atomic mass is 10.2. The van der Waals surface area contributed by atoms with Crippen molar-refractivity contribution in [3.05, 3.63) is 34.1 Å². The van der Waals surface area contributed by atoms with E-state index in [-0.39, 0.29) is 10.0 Å². The smallest absolute Gasteiger partial charge is 0.325 e. The van der Waals surface area contributed by atoms with E-state index in [1.54, 1.807) is 0 Å². The Kier molecular flexibility index (Phi) is 6.29. The first kappa shape index (κ1) is 17.1. The molecule has 0 fully saturated rings. The molecule has 1 aromatic carbocycles. The highest BCUT2D eigenvalue weighted by atomic mass is 79.9. The molecule has 0 saturated heterocycles. The van der Waals surface area contributed by atoms with Crippen LogP contribution in [-0.4, -0.2) is 50.1 Å². The third kappa shape index (κ3) is 4.52. The van der Waals surface area contributed by atoms with Crippen molar-refractivity contribution in [1.82, 2.24) is 4.90 Å². The van der Waals surface area contributed by atoms with E-state index in [4.69, 9.17) is 0 Å². The molecule has 114 valence electrons. The first-order valence-corrected chi connectivity index (χ1v) is 6.57. The number of carbonyl (C=O) groups is 3. The van der Waals surface area contributed by atoms with E-state index in [1.165, 1.54) is 12.1 Å². The number of nitrogens with zero attached hydrogens (tertiary/aromatic N) is 1. The fraction of sp³-hybridized carbons (Fsp3) is 0.308. The van der Waals surface area contributed by atoms with Gasteiger partial charge in [0.15, 0.2) is 0 Å². The predicted molar refractivity (Wildman–Crippen MR) is 74.0 cm³/mol. The Labute approximate surface area is 128 Å². The standard InChI is InChI=1S/C13H13BrFNO5/c1-20-10(17)6-16(7-11(18)21-2)13(19)12-8(14)4-3-5-9(12)15/h3-5H,6-7H2,1-2H3. The van der Waals surface area contributed by atoms with Gasteiger partial charge in [0.25, 0.3) is 5.91 Å². The molecule has 0 unspecified atom stereocenters. The number of hydrogen-bond acceptors (Lipinski definition) is 5. The van der Waals surface area contributed by atoms with Crippen molar-refractivity contribution >= 4 is 33.8 Å². The van der Waals surface area contributed by atoms with Gasteiger partial charge in [-0.1, -0.05) is 6.07 Å². The molecule has 0 spiro atoms. The molecule has 0 aliphatic rings. The van der Waals surface area contributed by atoms with Gasteiger partial charge in [-0.2, -0.15) is 0 Å². The number of rotatable bonds is 5. The van der Waals surface area contributed by atoms with Gasteiger partial charge < -0.3 is 14.4 Å². The summed E-state index contributed by atoms with van der Waals surface area (Å²) in [5.41, 5.74) is -0.273. The monoisotopic (exact) mass is 361 g/mol. The van der Waals surface area contributed by atoms with Crippen LogP contribution in [0.1, 0.15) is 10.4 Å². The summed E-state index contributed by atoms with van der Waals surface area (Å²) in [7, 11) is 2.28. The molecule has 0 aliphatic heterocycles. The van der Waals surface area contributed by atoms with Crippen molar-refractivity contribution < 1.29 is 28.2 Å². The van der Waals surface area contributed by atoms with Crippen LogP contribution in [-0.2, 0) is 19.1 Å². The Morgan fingerprint density at radius 3 is 2.10 bits per heavy atom. The fourth-order valence-corrected chi connectivity index (χ4v) is 2.01. The molecule has 0 bridgehead atoms. The third-order valence-corrected chi connectivity index (χ3v) is 3.22. The van der Waals surface area contributed by atoms with Crippen molar-refractivity contribution in [2.45, 2.75) is 0 Å². The van der Waals surface area contributed by atoms with Gasteiger partial charge in [-0.25, -0.2) is 4.39 Å². The number of ether oxygens (including phenoxy) is 2. The molecule has 1 aromatic rings. The number of esters is 2. The number of amides is 1. The van der Waals surface area contributed by atoms with Crippen LogP contribution < -0.4 is 0 Å². The predicted octanol–water partition coefficient (Wildman–Crippen LogP) is 1.38. The second kappa shape index (κ2) is 7.72. The van der Waals surface area contributed by atoms with Crippen LogP contribution in [0.3, 0.4) is 0 Å². The van der Waals surface area contributed by atoms with Gasteiger partial charge in [-0.05, 0) is 28.1 Å². The first-order chi connectivity index (χ1) is 9.90. The lowest BCUT2D eigenvalue weighted by Crippen LogP contribution is -2.40. The molecular formula is C13H13BrFNO5. The first-order valence-electron chi connectivity index (χ1n) is 5.77. The maximum absolute atomic E-state index is 13.8. The minimum absolute atomic E-state index is 0.215. The van der Waals surface area contributed by atoms with Crippen LogP contribution in [0.15, 0.2) is 22.7 Å². The number of hydrogen-bond donors (Lipinski definition) is 0. The van der Waals surface area contributed by atoms with E-state index in [0.717, 1.165) is 25.2 Å². The largest absolute Gasteiger partial charge is 0.468 e. The minimum atomic E-state index is -0.823. The summed E-state index contributed by atoms with van der Waals surface area (Å²) in [4.78, 5) is 35.8. The lowest BCUT2D eigenvalue weighted by molar-refractivity contribution is -0.144. The molecule has 21 heavy (non-hydrogen) atoms. The summed E-state index contributed by atoms with van der Waals surface area (Å²) in [6, 6.07) is 4.00. The van der Waals surface area contributed by atoms with Crippen molar-refractivity contribution in [1.29, 1.82) is 0 Å². The molecule has 0 aliphatic carbocycles. The van der Waals surface area contributed by atoms with Crippen molar-refractivity contribution in [2.24, 2.45) is 0 Å². The molecule has 1 rings (SSSR count). The normalized spacial score (nSPS) is 9.90. The second-order valence-electron chi connectivity index (χ2n) is 3.91. The zero-order chi connectivity index (χ0) is 16.0. The van der Waals surface area contributed by atoms with E-state index in [0.29, 0.717) is 0 Å². The van der Waals surface area contributed by atoms with Gasteiger partial charge in [0.2, 0.25) is 0 Å². The van der Waals surface area contributed by atoms with E-state index in [2.05, 4.69) is 25.4 Å². The van der Waals surface area contributed by atoms with E-state index < -0.39 is 36.8 Å². The second-order valence-corrected chi connectivity index (χ2v) is 4.76. The number of methoxy groups -OCH3 is 2. The Balaban J connectivity index is 3.09. The molecular weight excluding hydrogens is 349 g/mol. The molecule has 1 amide bonds. The number of benzene rings is 1. The van der Waals surface area contributed by atoms with Gasteiger partial charge in [-0.3, -0.25) is 14.4 Å². The van der Waals surface area contributed by atoms with Crippen LogP contribution in [0.25, 0.3) is 0 Å². The van der Waals surface area contributed by atoms with Gasteiger partial charge in [-0.15, -0.1) is 0 Å². The summed E-state index contributed by atoms with van der Waals surface area (Å²) in [5.74, 6) is -3.07. The SMILES string of the molecule is COC(=O)CN(CC(=O)OC)C(=O)c1c(F)cccc1Br. The van der Waals surface area contributed by atoms with Gasteiger partial charge >= 0.3 is 11.9 Å². The summed E-state index contributed by atoms with van der Waals surface area (Å²) >= 11 is 3.06. The molecule has 8 heteroatoms. The van der Waals surface area contributed by atoms with Gasteiger partial charge in [0.05, 0.1) is 19.8 Å². The van der Waals surface area contributed by atoms with Crippen LogP contribution >= 0.6 is 15.9 Å². The van der Waals surface area contributed by atoms with Crippen molar-refractivity contribution in [2.75, 3.05) is 27.3 Å². The minimum Gasteiger partial charge on any atom is -0.468 e. The van der Waals surface area contributed by atoms with E-state index in [1.807, 2.05) is 0 Å². The maximum Gasteiger partial charge on any atom is 0.325 e. The summed E-state index contributed by atoms with van der Waals surface area (Å²) in [5, 5.41) is 0.